The summed E-state index contributed by atoms with van der Waals surface area (Å²) in [6.45, 7) is 0.889. The van der Waals surface area contributed by atoms with Gasteiger partial charge in [-0.05, 0) is 42.7 Å². The third-order valence-electron chi connectivity index (χ3n) is 3.88. The SMILES string of the molecule is CN1CCC(NC2CCCc3sccc32)C1=O. The fourth-order valence-electron chi connectivity index (χ4n) is 2.88. The van der Waals surface area contributed by atoms with Gasteiger partial charge < -0.3 is 4.90 Å². The predicted molar refractivity (Wildman–Crippen MR) is 69.2 cm³/mol. The molecule has 2 heterocycles. The van der Waals surface area contributed by atoms with E-state index in [4.69, 9.17) is 0 Å². The second-order valence-corrected chi connectivity index (χ2v) is 6.01. The maximum Gasteiger partial charge on any atom is 0.239 e. The summed E-state index contributed by atoms with van der Waals surface area (Å²) in [5, 5.41) is 5.73. The first-order valence-electron chi connectivity index (χ1n) is 6.33. The zero-order valence-electron chi connectivity index (χ0n) is 10.1. The molecule has 0 radical (unpaired) electrons. The highest BCUT2D eigenvalue weighted by Gasteiger charge is 2.32. The van der Waals surface area contributed by atoms with Gasteiger partial charge in [0.1, 0.15) is 0 Å². The van der Waals surface area contributed by atoms with E-state index in [0.29, 0.717) is 6.04 Å². The topological polar surface area (TPSA) is 32.3 Å². The molecule has 1 aliphatic heterocycles. The molecule has 4 heteroatoms. The van der Waals surface area contributed by atoms with Crippen molar-refractivity contribution in [2.45, 2.75) is 37.8 Å². The lowest BCUT2D eigenvalue weighted by Crippen LogP contribution is -2.39. The van der Waals surface area contributed by atoms with Crippen molar-refractivity contribution in [1.29, 1.82) is 0 Å². The van der Waals surface area contributed by atoms with Crippen molar-refractivity contribution in [3.05, 3.63) is 21.9 Å². The minimum Gasteiger partial charge on any atom is -0.344 e. The molecule has 0 aromatic carbocycles. The van der Waals surface area contributed by atoms with Crippen molar-refractivity contribution in [3.63, 3.8) is 0 Å². The van der Waals surface area contributed by atoms with Crippen molar-refractivity contribution in [3.8, 4) is 0 Å². The minimum atomic E-state index is 0.0378. The smallest absolute Gasteiger partial charge is 0.239 e. The van der Waals surface area contributed by atoms with E-state index >= 15 is 0 Å². The maximum absolute atomic E-state index is 11.9. The van der Waals surface area contributed by atoms with Crippen molar-refractivity contribution < 1.29 is 4.79 Å². The summed E-state index contributed by atoms with van der Waals surface area (Å²) in [5.41, 5.74) is 1.43. The first-order valence-corrected chi connectivity index (χ1v) is 7.21. The average molecular weight is 250 g/mol. The van der Waals surface area contributed by atoms with Crippen LogP contribution >= 0.6 is 11.3 Å². The Kier molecular flexibility index (Phi) is 2.92. The van der Waals surface area contributed by atoms with Gasteiger partial charge in [0, 0.05) is 24.5 Å². The normalized spacial score (nSPS) is 28.5. The third kappa shape index (κ3) is 2.00. The number of nitrogens with one attached hydrogen (secondary N) is 1. The fraction of sp³-hybridized carbons (Fsp3) is 0.615. The Labute approximate surface area is 106 Å². The zero-order valence-corrected chi connectivity index (χ0v) is 10.9. The second-order valence-electron chi connectivity index (χ2n) is 5.01. The molecule has 0 saturated carbocycles. The van der Waals surface area contributed by atoms with Crippen LogP contribution in [-0.4, -0.2) is 30.4 Å². The number of fused-ring (bicyclic) bond motifs is 1. The number of aryl methyl sites for hydroxylation is 1. The first-order chi connectivity index (χ1) is 8.25. The van der Waals surface area contributed by atoms with Gasteiger partial charge in [-0.1, -0.05) is 0 Å². The zero-order chi connectivity index (χ0) is 11.8. The van der Waals surface area contributed by atoms with Gasteiger partial charge in [0.15, 0.2) is 0 Å². The van der Waals surface area contributed by atoms with Gasteiger partial charge >= 0.3 is 0 Å². The monoisotopic (exact) mass is 250 g/mol. The van der Waals surface area contributed by atoms with E-state index in [2.05, 4.69) is 16.8 Å². The third-order valence-corrected chi connectivity index (χ3v) is 4.88. The van der Waals surface area contributed by atoms with E-state index in [1.54, 1.807) is 0 Å². The van der Waals surface area contributed by atoms with Crippen LogP contribution in [0.1, 0.15) is 35.7 Å². The van der Waals surface area contributed by atoms with Crippen molar-refractivity contribution in [1.82, 2.24) is 10.2 Å². The van der Waals surface area contributed by atoms with Crippen LogP contribution in [-0.2, 0) is 11.2 Å². The summed E-state index contributed by atoms with van der Waals surface area (Å²) >= 11 is 1.85. The van der Waals surface area contributed by atoms with Crippen LogP contribution in [0.25, 0.3) is 0 Å². The number of likely N-dealkylation sites (tertiary alicyclic amines) is 1. The van der Waals surface area contributed by atoms with Crippen LogP contribution in [0, 0.1) is 0 Å². The number of nitrogens with zero attached hydrogens (tertiary/aromatic N) is 1. The Balaban J connectivity index is 1.73. The largest absolute Gasteiger partial charge is 0.344 e. The van der Waals surface area contributed by atoms with E-state index in [-0.39, 0.29) is 11.9 Å². The molecule has 2 unspecified atom stereocenters. The molecule has 3 nitrogen and oxygen atoms in total. The summed E-state index contributed by atoms with van der Waals surface area (Å²) in [5.74, 6) is 0.257. The lowest BCUT2D eigenvalue weighted by Gasteiger charge is -2.26. The molecule has 17 heavy (non-hydrogen) atoms. The second kappa shape index (κ2) is 4.42. The molecule has 1 aromatic rings. The van der Waals surface area contributed by atoms with E-state index in [0.717, 1.165) is 19.4 Å². The van der Waals surface area contributed by atoms with Gasteiger partial charge in [-0.3, -0.25) is 10.1 Å². The van der Waals surface area contributed by atoms with Crippen LogP contribution in [0.5, 0.6) is 0 Å². The van der Waals surface area contributed by atoms with Gasteiger partial charge in [0.05, 0.1) is 6.04 Å². The van der Waals surface area contributed by atoms with Crippen LogP contribution in [0.4, 0.5) is 0 Å². The minimum absolute atomic E-state index is 0.0378. The van der Waals surface area contributed by atoms with Gasteiger partial charge in [-0.2, -0.15) is 0 Å². The summed E-state index contributed by atoms with van der Waals surface area (Å²) in [7, 11) is 1.89. The molecule has 2 aliphatic rings. The molecule has 0 bridgehead atoms. The number of hydrogen-bond donors (Lipinski definition) is 1. The Morgan fingerprint density at radius 1 is 1.41 bits per heavy atom. The Hall–Kier alpha value is -0.870. The number of likely N-dealkylation sites (N-methyl/N-ethyl adjacent to an activating group) is 1. The lowest BCUT2D eigenvalue weighted by molar-refractivity contribution is -0.128. The molecule has 92 valence electrons. The van der Waals surface area contributed by atoms with Crippen LogP contribution in [0.3, 0.4) is 0 Å². The van der Waals surface area contributed by atoms with E-state index in [1.165, 1.54) is 23.3 Å². The molecule has 1 N–H and O–H groups in total. The number of thiophene rings is 1. The molecular formula is C13H18N2OS. The molecular weight excluding hydrogens is 232 g/mol. The Bertz CT molecular complexity index is 429. The van der Waals surface area contributed by atoms with Crippen molar-refractivity contribution in [2.24, 2.45) is 0 Å². The quantitative estimate of drug-likeness (QED) is 0.870. The molecule has 2 atom stereocenters. The van der Waals surface area contributed by atoms with Crippen LogP contribution in [0.15, 0.2) is 11.4 Å². The molecule has 1 saturated heterocycles. The average Bonchev–Trinajstić information content (AvgIpc) is 2.91. The molecule has 1 aliphatic carbocycles. The molecule has 1 amide bonds. The fourth-order valence-corrected chi connectivity index (χ4v) is 3.87. The number of amides is 1. The standard InChI is InChI=1S/C13H18N2OS/c1-15-7-5-11(13(15)16)14-10-3-2-4-12-9(10)6-8-17-12/h6,8,10-11,14H,2-5,7H2,1H3. The lowest BCUT2D eigenvalue weighted by atomic mass is 9.93. The van der Waals surface area contributed by atoms with Crippen LogP contribution in [0.2, 0.25) is 0 Å². The number of carbonyl (C=O) groups excluding carboxylic acids is 1. The summed E-state index contributed by atoms with van der Waals surface area (Å²) in [4.78, 5) is 15.2. The summed E-state index contributed by atoms with van der Waals surface area (Å²) in [6, 6.07) is 2.65. The molecule has 1 fully saturated rings. The number of carbonyl (C=O) groups is 1. The molecule has 0 spiro atoms. The maximum atomic E-state index is 11.9. The number of rotatable bonds is 2. The van der Waals surface area contributed by atoms with E-state index < -0.39 is 0 Å². The van der Waals surface area contributed by atoms with Crippen molar-refractivity contribution >= 4 is 17.2 Å². The van der Waals surface area contributed by atoms with Gasteiger partial charge in [-0.25, -0.2) is 0 Å². The van der Waals surface area contributed by atoms with E-state index in [9.17, 15) is 4.79 Å². The first kappa shape index (κ1) is 11.2. The highest BCUT2D eigenvalue weighted by Crippen LogP contribution is 2.34. The highest BCUT2D eigenvalue weighted by atomic mass is 32.1. The van der Waals surface area contributed by atoms with Gasteiger partial charge in [0.2, 0.25) is 5.91 Å². The molecule has 3 rings (SSSR count). The Morgan fingerprint density at radius 2 is 2.29 bits per heavy atom. The van der Waals surface area contributed by atoms with E-state index in [1.807, 2.05) is 23.3 Å². The number of hydrogen-bond acceptors (Lipinski definition) is 3. The summed E-state index contributed by atoms with van der Waals surface area (Å²) in [6.07, 6.45) is 4.56. The van der Waals surface area contributed by atoms with Gasteiger partial charge in [-0.15, -0.1) is 11.3 Å². The predicted octanol–water partition coefficient (Wildman–Crippen LogP) is 1.95. The van der Waals surface area contributed by atoms with Crippen LogP contribution < -0.4 is 5.32 Å². The summed E-state index contributed by atoms with van der Waals surface area (Å²) < 4.78 is 0. The Morgan fingerprint density at radius 3 is 3.06 bits per heavy atom. The highest BCUT2D eigenvalue weighted by molar-refractivity contribution is 7.10. The van der Waals surface area contributed by atoms with Gasteiger partial charge in [0.25, 0.3) is 0 Å². The van der Waals surface area contributed by atoms with Crippen molar-refractivity contribution in [2.75, 3.05) is 13.6 Å². The molecule has 1 aromatic heterocycles.